The van der Waals surface area contributed by atoms with Crippen molar-refractivity contribution in [2.24, 2.45) is 0 Å². The molecule has 1 aliphatic rings. The fourth-order valence-electron chi connectivity index (χ4n) is 12.2. The average Bonchev–Trinajstić information content (AvgIpc) is 3.97. The molecule has 2 heteroatoms. The second-order valence-corrected chi connectivity index (χ2v) is 22.4. The van der Waals surface area contributed by atoms with Gasteiger partial charge in [0.25, 0.3) is 0 Å². The third-order valence-electron chi connectivity index (χ3n) is 15.9. The Balaban J connectivity index is 1.12. The van der Waals surface area contributed by atoms with Crippen molar-refractivity contribution < 1.29 is 4.42 Å². The first kappa shape index (κ1) is 46.1. The van der Waals surface area contributed by atoms with Crippen molar-refractivity contribution >= 4 is 49.8 Å². The van der Waals surface area contributed by atoms with E-state index in [0.717, 1.165) is 55.7 Å². The molecule has 0 radical (unpaired) electrons. The zero-order valence-electron chi connectivity index (χ0n) is 43.5. The van der Waals surface area contributed by atoms with Crippen LogP contribution in [0.1, 0.15) is 74.9 Å². The minimum Gasteiger partial charge on any atom is -0.456 e. The van der Waals surface area contributed by atoms with Gasteiger partial charge in [0.1, 0.15) is 11.2 Å². The first-order valence-electron chi connectivity index (χ1n) is 26.4. The zero-order valence-corrected chi connectivity index (χ0v) is 43.5. The molecule has 0 N–H and O–H groups in total. The number of para-hydroxylation sites is 3. The summed E-state index contributed by atoms with van der Waals surface area (Å²) < 4.78 is 6.58. The fraction of sp³-hybridized carbons (Fsp3) is 0.123. The summed E-state index contributed by atoms with van der Waals surface area (Å²) in [5.41, 5.74) is 21.5. The highest BCUT2D eigenvalue weighted by molar-refractivity contribution is 6.15. The van der Waals surface area contributed by atoms with Crippen LogP contribution in [0.15, 0.2) is 253 Å². The third kappa shape index (κ3) is 7.53. The average molecular weight is 966 g/mol. The number of hydrogen-bond acceptors (Lipinski definition) is 2. The monoisotopic (exact) mass is 965 g/mol. The van der Waals surface area contributed by atoms with E-state index in [1.807, 2.05) is 0 Å². The lowest BCUT2D eigenvalue weighted by molar-refractivity contribution is 0.569. The van der Waals surface area contributed by atoms with Crippen LogP contribution in [0.25, 0.3) is 77.2 Å². The first-order valence-corrected chi connectivity index (χ1v) is 26.4. The summed E-state index contributed by atoms with van der Waals surface area (Å²) in [5.74, 6) is 0. The molecule has 362 valence electrons. The molecule has 1 heterocycles. The predicted octanol–water partition coefficient (Wildman–Crippen LogP) is 20.2. The molecule has 0 amide bonds. The lowest BCUT2D eigenvalue weighted by Crippen LogP contribution is -2.28. The number of fused-ring (bicyclic) bond motifs is 7. The van der Waals surface area contributed by atoms with Crippen LogP contribution in [-0.4, -0.2) is 0 Å². The van der Waals surface area contributed by atoms with Crippen molar-refractivity contribution in [3.63, 3.8) is 0 Å². The van der Waals surface area contributed by atoms with Gasteiger partial charge >= 0.3 is 0 Å². The Bertz CT molecular complexity index is 4070. The maximum atomic E-state index is 6.58. The number of furan rings is 1. The van der Waals surface area contributed by atoms with Crippen LogP contribution in [0, 0.1) is 0 Å². The van der Waals surface area contributed by atoms with Gasteiger partial charge in [0, 0.05) is 27.6 Å². The van der Waals surface area contributed by atoms with E-state index < -0.39 is 5.41 Å². The van der Waals surface area contributed by atoms with Gasteiger partial charge in [0.2, 0.25) is 0 Å². The number of nitrogens with zero attached hydrogens (tertiary/aromatic N) is 1. The minimum absolute atomic E-state index is 0.0349. The van der Waals surface area contributed by atoms with Gasteiger partial charge in [-0.15, -0.1) is 0 Å². The molecule has 13 rings (SSSR count). The molecule has 0 atom stereocenters. The quantitative estimate of drug-likeness (QED) is 0.151. The number of hydrogen-bond donors (Lipinski definition) is 0. The van der Waals surface area contributed by atoms with Crippen LogP contribution in [0.3, 0.4) is 0 Å². The summed E-state index contributed by atoms with van der Waals surface area (Å²) in [7, 11) is 0. The summed E-state index contributed by atoms with van der Waals surface area (Å²) in [6.07, 6.45) is 0. The van der Waals surface area contributed by atoms with Crippen LogP contribution in [0.5, 0.6) is 0 Å². The Kier molecular flexibility index (Phi) is 10.9. The van der Waals surface area contributed by atoms with Gasteiger partial charge in [-0.3, -0.25) is 0 Å². The molecule has 75 heavy (non-hydrogen) atoms. The van der Waals surface area contributed by atoms with Gasteiger partial charge in [0.15, 0.2) is 0 Å². The molecule has 1 aromatic heterocycles. The lowest BCUT2D eigenvalue weighted by Gasteiger charge is -2.35. The predicted molar refractivity (Wildman–Crippen MR) is 317 cm³/mol. The van der Waals surface area contributed by atoms with Crippen molar-refractivity contribution in [1.82, 2.24) is 0 Å². The van der Waals surface area contributed by atoms with E-state index in [2.05, 4.69) is 295 Å². The van der Waals surface area contributed by atoms with Crippen LogP contribution in [0.4, 0.5) is 17.1 Å². The topological polar surface area (TPSA) is 16.4 Å². The van der Waals surface area contributed by atoms with Gasteiger partial charge in [-0.2, -0.15) is 0 Å². The molecule has 0 saturated carbocycles. The van der Waals surface area contributed by atoms with Gasteiger partial charge < -0.3 is 9.32 Å². The smallest absolute Gasteiger partial charge is 0.136 e. The van der Waals surface area contributed by atoms with Crippen molar-refractivity contribution in [1.29, 1.82) is 0 Å². The second-order valence-electron chi connectivity index (χ2n) is 22.4. The molecule has 0 fully saturated rings. The molecular weight excluding hydrogens is 907 g/mol. The van der Waals surface area contributed by atoms with Crippen LogP contribution in [0.2, 0.25) is 0 Å². The molecule has 0 aliphatic heterocycles. The van der Waals surface area contributed by atoms with E-state index in [1.165, 1.54) is 72.0 Å². The normalized spacial score (nSPS) is 13.0. The molecule has 0 unspecified atom stereocenters. The number of benzene rings is 11. The van der Waals surface area contributed by atoms with Gasteiger partial charge in [0.05, 0.1) is 16.8 Å². The Morgan fingerprint density at radius 2 is 0.827 bits per heavy atom. The van der Waals surface area contributed by atoms with E-state index >= 15 is 0 Å². The zero-order chi connectivity index (χ0) is 51.1. The molecule has 12 aromatic rings. The summed E-state index contributed by atoms with van der Waals surface area (Å²) in [6.45, 7) is 14.0. The van der Waals surface area contributed by atoms with Crippen LogP contribution in [-0.2, 0) is 16.2 Å². The van der Waals surface area contributed by atoms with Gasteiger partial charge in [-0.1, -0.05) is 254 Å². The SMILES string of the molecule is CC(C)(C)c1cc(-c2cccc3cccc(-c4ccccc4N(c4ccc5c(c4)C(c4ccccc4)(c4ccccc4)c4ccccc4-5)c4ccccc4-c4cccc5oc6ccccc6c45)c23)cc(C(C)(C)C)c1. The molecule has 2 nitrogen and oxygen atoms in total. The minimum atomic E-state index is -0.589. The van der Waals surface area contributed by atoms with Crippen molar-refractivity contribution in [2.75, 3.05) is 4.90 Å². The molecule has 11 aromatic carbocycles. The highest BCUT2D eigenvalue weighted by atomic mass is 16.3. The molecule has 0 spiro atoms. The standard InChI is InChI=1S/C73H59NO/c1-71(2,3)52-44-49(45-53(46-52)72(4,5)6)55-34-21-24-48-25-22-35-60(69(48)55)58-31-14-18-38-65(58)74(66-39-19-15-32-59(66)61-36-23-41-68-70(61)62-33-16-20-40-67(62)75-68)54-42-43-57-56-30-13-17-37-63(56)73(64(57)47-54,50-26-9-7-10-27-50)51-28-11-8-12-29-51/h7-47H,1-6H3. The third-order valence-corrected chi connectivity index (χ3v) is 15.9. The van der Waals surface area contributed by atoms with Gasteiger partial charge in [-0.05, 0) is 125 Å². The number of anilines is 3. The highest BCUT2D eigenvalue weighted by Gasteiger charge is 2.46. The summed E-state index contributed by atoms with van der Waals surface area (Å²) >= 11 is 0. The summed E-state index contributed by atoms with van der Waals surface area (Å²) in [6, 6.07) is 92.4. The molecular formula is C73H59NO. The largest absolute Gasteiger partial charge is 0.456 e. The summed E-state index contributed by atoms with van der Waals surface area (Å²) in [4.78, 5) is 2.54. The highest BCUT2D eigenvalue weighted by Crippen LogP contribution is 2.58. The van der Waals surface area contributed by atoms with Gasteiger partial charge in [-0.25, -0.2) is 0 Å². The van der Waals surface area contributed by atoms with Crippen LogP contribution < -0.4 is 4.90 Å². The Morgan fingerprint density at radius 3 is 1.45 bits per heavy atom. The second kappa shape index (κ2) is 17.7. The molecule has 0 saturated heterocycles. The Morgan fingerprint density at radius 1 is 0.347 bits per heavy atom. The van der Waals surface area contributed by atoms with Crippen LogP contribution >= 0.6 is 0 Å². The van der Waals surface area contributed by atoms with E-state index in [-0.39, 0.29) is 10.8 Å². The van der Waals surface area contributed by atoms with Crippen molar-refractivity contribution in [2.45, 2.75) is 57.8 Å². The van der Waals surface area contributed by atoms with Crippen molar-refractivity contribution in [3.8, 4) is 44.5 Å². The summed E-state index contributed by atoms with van der Waals surface area (Å²) in [5, 5.41) is 4.65. The Hall–Kier alpha value is -8.72. The maximum Gasteiger partial charge on any atom is 0.136 e. The number of rotatable bonds is 8. The van der Waals surface area contributed by atoms with Crippen molar-refractivity contribution in [3.05, 3.63) is 282 Å². The first-order chi connectivity index (χ1) is 36.5. The lowest BCUT2D eigenvalue weighted by atomic mass is 9.67. The Labute approximate surface area is 441 Å². The fourth-order valence-corrected chi connectivity index (χ4v) is 12.2. The molecule has 1 aliphatic carbocycles. The van der Waals surface area contributed by atoms with E-state index in [1.54, 1.807) is 0 Å². The van der Waals surface area contributed by atoms with E-state index in [0.29, 0.717) is 0 Å². The van der Waals surface area contributed by atoms with E-state index in [9.17, 15) is 0 Å². The van der Waals surface area contributed by atoms with E-state index in [4.69, 9.17) is 4.42 Å². The maximum absolute atomic E-state index is 6.58. The molecule has 0 bridgehead atoms.